The molecule has 0 bridgehead atoms. The van der Waals surface area contributed by atoms with Crippen LogP contribution in [-0.4, -0.2) is 56.0 Å². The highest BCUT2D eigenvalue weighted by molar-refractivity contribution is 6.16. The van der Waals surface area contributed by atoms with Gasteiger partial charge in [0, 0.05) is 34.1 Å². The second kappa shape index (κ2) is 5.62. The lowest BCUT2D eigenvalue weighted by Gasteiger charge is -2.35. The van der Waals surface area contributed by atoms with Crippen LogP contribution < -0.4 is 11.2 Å². The molecule has 1 atom stereocenters. The molecule has 1 unspecified atom stereocenters. The molecule has 24 heavy (non-hydrogen) atoms. The lowest BCUT2D eigenvalue weighted by atomic mass is 9.85. The van der Waals surface area contributed by atoms with E-state index in [1.54, 1.807) is 0 Å². The van der Waals surface area contributed by atoms with Gasteiger partial charge in [-0.15, -0.1) is 0 Å². The first kappa shape index (κ1) is 17.4. The molecule has 0 aromatic carbocycles. The van der Waals surface area contributed by atoms with E-state index in [0.717, 1.165) is 18.9 Å². The summed E-state index contributed by atoms with van der Waals surface area (Å²) in [4.78, 5) is 62.3. The van der Waals surface area contributed by atoms with Crippen LogP contribution in [0.4, 0.5) is 4.79 Å². The van der Waals surface area contributed by atoms with Crippen LogP contribution in [0.3, 0.4) is 0 Å². The fourth-order valence-corrected chi connectivity index (χ4v) is 2.79. The molecule has 0 saturated carbocycles. The summed E-state index contributed by atoms with van der Waals surface area (Å²) in [6.07, 6.45) is 0. The Kier molecular flexibility index (Phi) is 4.09. The van der Waals surface area contributed by atoms with Gasteiger partial charge in [-0.25, -0.2) is 9.59 Å². The van der Waals surface area contributed by atoms with Crippen molar-refractivity contribution in [2.75, 3.05) is 14.1 Å². The number of rotatable bonds is 2. The molecule has 130 valence electrons. The summed E-state index contributed by atoms with van der Waals surface area (Å²) in [6.45, 7) is 1.42. The van der Waals surface area contributed by atoms with E-state index in [1.165, 1.54) is 35.1 Å². The lowest BCUT2D eigenvalue weighted by molar-refractivity contribution is -0.148. The van der Waals surface area contributed by atoms with Crippen molar-refractivity contribution < 1.29 is 19.5 Å². The normalized spacial score (nSPS) is 17.6. The number of aromatic nitrogens is 2. The fourth-order valence-electron chi connectivity index (χ4n) is 2.79. The van der Waals surface area contributed by atoms with Gasteiger partial charge < -0.3 is 5.11 Å². The number of barbiturate groups is 1. The Morgan fingerprint density at radius 2 is 1.33 bits per heavy atom. The van der Waals surface area contributed by atoms with Gasteiger partial charge in [-0.05, 0) is 0 Å². The van der Waals surface area contributed by atoms with E-state index in [9.17, 15) is 29.1 Å². The molecule has 2 rings (SSSR count). The van der Waals surface area contributed by atoms with Gasteiger partial charge in [-0.1, -0.05) is 6.92 Å². The number of hydrogen-bond acceptors (Lipinski definition) is 6. The van der Waals surface area contributed by atoms with Gasteiger partial charge in [-0.2, -0.15) is 0 Å². The van der Waals surface area contributed by atoms with Gasteiger partial charge in [0.2, 0.25) is 17.7 Å². The Labute approximate surface area is 136 Å². The van der Waals surface area contributed by atoms with E-state index in [-0.39, 0.29) is 5.56 Å². The van der Waals surface area contributed by atoms with Crippen LogP contribution in [0.25, 0.3) is 0 Å². The number of hydrogen-bond donors (Lipinski definition) is 1. The highest BCUT2D eigenvalue weighted by Crippen LogP contribution is 2.32. The van der Waals surface area contributed by atoms with Crippen LogP contribution in [0.1, 0.15) is 18.4 Å². The number of nitrogens with zero attached hydrogens (tertiary/aromatic N) is 4. The summed E-state index contributed by atoms with van der Waals surface area (Å²) in [7, 11) is 4.95. The molecule has 1 aliphatic rings. The SMILES string of the molecule is CC(c1c(O)n(C)c(=O)n(C)c1=O)C1C(=O)N(C)C(=O)N(C)C1=O. The third-order valence-corrected chi connectivity index (χ3v) is 4.39. The molecule has 0 radical (unpaired) electrons. The largest absolute Gasteiger partial charge is 0.494 e. The molecule has 1 N–H and O–H groups in total. The Morgan fingerprint density at radius 3 is 1.79 bits per heavy atom. The minimum absolute atomic E-state index is 0.234. The molecule has 10 heteroatoms. The van der Waals surface area contributed by atoms with E-state index >= 15 is 0 Å². The topological polar surface area (TPSA) is 122 Å². The zero-order valence-electron chi connectivity index (χ0n) is 13.9. The average molecular weight is 338 g/mol. The standard InChI is InChI=1S/C14H18N4O6/c1-6(7-9(19)15(2)13(23)16(3)10(7)20)8-11(21)17(4)14(24)18(5)12(8)22/h6-7,21H,1-5H3. The van der Waals surface area contributed by atoms with Crippen molar-refractivity contribution in [1.29, 1.82) is 0 Å². The van der Waals surface area contributed by atoms with Crippen molar-refractivity contribution in [3.8, 4) is 5.88 Å². The molecule has 1 saturated heterocycles. The maximum absolute atomic E-state index is 12.4. The van der Waals surface area contributed by atoms with Gasteiger partial charge >= 0.3 is 11.7 Å². The Hall–Kier alpha value is -2.91. The van der Waals surface area contributed by atoms with Gasteiger partial charge in [0.15, 0.2) is 0 Å². The first-order chi connectivity index (χ1) is 11.0. The number of imide groups is 2. The van der Waals surface area contributed by atoms with E-state index in [4.69, 9.17) is 0 Å². The number of carbonyl (C=O) groups excluding carboxylic acids is 3. The lowest BCUT2D eigenvalue weighted by Crippen LogP contribution is -2.58. The highest BCUT2D eigenvalue weighted by atomic mass is 16.3. The van der Waals surface area contributed by atoms with E-state index in [0.29, 0.717) is 0 Å². The van der Waals surface area contributed by atoms with Crippen LogP contribution in [0, 0.1) is 5.92 Å². The van der Waals surface area contributed by atoms with Crippen molar-refractivity contribution in [3.63, 3.8) is 0 Å². The van der Waals surface area contributed by atoms with Crippen molar-refractivity contribution in [2.24, 2.45) is 20.0 Å². The number of amides is 4. The average Bonchev–Trinajstić information content (AvgIpc) is 2.55. The Bertz CT molecular complexity index is 843. The van der Waals surface area contributed by atoms with Gasteiger partial charge in [0.1, 0.15) is 5.92 Å². The predicted octanol–water partition coefficient (Wildman–Crippen LogP) is -1.44. The van der Waals surface area contributed by atoms with Crippen molar-refractivity contribution >= 4 is 17.8 Å². The van der Waals surface area contributed by atoms with Crippen molar-refractivity contribution in [2.45, 2.75) is 12.8 Å². The zero-order chi connectivity index (χ0) is 18.5. The van der Waals surface area contributed by atoms with Crippen LogP contribution in [0.5, 0.6) is 5.88 Å². The Morgan fingerprint density at radius 1 is 0.875 bits per heavy atom. The molecular formula is C14H18N4O6. The fraction of sp³-hybridized carbons (Fsp3) is 0.500. The molecule has 1 aliphatic heterocycles. The molecule has 1 aromatic rings. The highest BCUT2D eigenvalue weighted by Gasteiger charge is 2.47. The Balaban J connectivity index is 2.65. The molecule has 1 aromatic heterocycles. The van der Waals surface area contributed by atoms with Crippen LogP contribution in [0.15, 0.2) is 9.59 Å². The summed E-state index contributed by atoms with van der Waals surface area (Å²) < 4.78 is 1.63. The third-order valence-electron chi connectivity index (χ3n) is 4.39. The third kappa shape index (κ3) is 2.22. The second-order valence-electron chi connectivity index (χ2n) is 5.79. The summed E-state index contributed by atoms with van der Waals surface area (Å²) in [5.41, 5.74) is -1.77. The monoisotopic (exact) mass is 338 g/mol. The molecule has 0 aliphatic carbocycles. The van der Waals surface area contributed by atoms with E-state index in [2.05, 4.69) is 0 Å². The summed E-state index contributed by atoms with van der Waals surface area (Å²) >= 11 is 0. The number of urea groups is 1. The summed E-state index contributed by atoms with van der Waals surface area (Å²) in [5.74, 6) is -4.54. The molecule has 2 heterocycles. The minimum atomic E-state index is -1.35. The number of carbonyl (C=O) groups is 3. The van der Waals surface area contributed by atoms with Gasteiger partial charge in [-0.3, -0.25) is 33.3 Å². The quantitative estimate of drug-likeness (QED) is 0.659. The molecule has 1 fully saturated rings. The molecule has 0 spiro atoms. The van der Waals surface area contributed by atoms with Gasteiger partial charge in [0.25, 0.3) is 5.56 Å². The van der Waals surface area contributed by atoms with Crippen LogP contribution in [0.2, 0.25) is 0 Å². The first-order valence-electron chi connectivity index (χ1n) is 7.10. The predicted molar refractivity (Wildman–Crippen MR) is 81.4 cm³/mol. The summed E-state index contributed by atoms with van der Waals surface area (Å²) in [6, 6.07) is -0.772. The molecular weight excluding hydrogens is 320 g/mol. The maximum Gasteiger partial charge on any atom is 0.333 e. The maximum atomic E-state index is 12.4. The van der Waals surface area contributed by atoms with Crippen LogP contribution in [-0.2, 0) is 23.7 Å². The van der Waals surface area contributed by atoms with E-state index in [1.807, 2.05) is 0 Å². The molecule has 10 nitrogen and oxygen atoms in total. The molecule has 4 amide bonds. The van der Waals surface area contributed by atoms with Crippen LogP contribution >= 0.6 is 0 Å². The van der Waals surface area contributed by atoms with Crippen molar-refractivity contribution in [3.05, 3.63) is 26.4 Å². The zero-order valence-corrected chi connectivity index (χ0v) is 13.9. The summed E-state index contributed by atoms with van der Waals surface area (Å²) in [5, 5.41) is 10.2. The van der Waals surface area contributed by atoms with E-state index < -0.39 is 46.8 Å². The van der Waals surface area contributed by atoms with Gasteiger partial charge in [0.05, 0.1) is 5.56 Å². The second-order valence-corrected chi connectivity index (χ2v) is 5.79. The number of aromatic hydroxyl groups is 1. The first-order valence-corrected chi connectivity index (χ1v) is 7.10. The smallest absolute Gasteiger partial charge is 0.333 e. The van der Waals surface area contributed by atoms with Crippen molar-refractivity contribution in [1.82, 2.24) is 18.9 Å². The minimum Gasteiger partial charge on any atom is -0.494 e.